The SMILES string of the molecule is B1C=Cc2ccc3c(ccc4ccccc43)c21. The predicted octanol–water partition coefficient (Wildman–Crippen LogP) is 3.04. The molecule has 78 valence electrons. The third-order valence-corrected chi connectivity index (χ3v) is 3.69. The monoisotopic (exact) mass is 214 g/mol. The lowest BCUT2D eigenvalue weighted by atomic mass is 9.71. The molecule has 0 radical (unpaired) electrons. The van der Waals surface area contributed by atoms with Crippen LogP contribution in [-0.4, -0.2) is 7.28 Å². The van der Waals surface area contributed by atoms with Gasteiger partial charge in [-0.2, -0.15) is 0 Å². The van der Waals surface area contributed by atoms with E-state index < -0.39 is 0 Å². The minimum absolute atomic E-state index is 1.07. The highest BCUT2D eigenvalue weighted by molar-refractivity contribution is 6.66. The van der Waals surface area contributed by atoms with Gasteiger partial charge in [-0.05, 0) is 27.1 Å². The summed E-state index contributed by atoms with van der Waals surface area (Å²) in [5, 5.41) is 5.47. The van der Waals surface area contributed by atoms with E-state index in [1.165, 1.54) is 32.6 Å². The van der Waals surface area contributed by atoms with Gasteiger partial charge in [0, 0.05) is 0 Å². The van der Waals surface area contributed by atoms with Crippen molar-refractivity contribution in [3.05, 3.63) is 60.1 Å². The average Bonchev–Trinajstić information content (AvgIpc) is 2.86. The third kappa shape index (κ3) is 1.20. The van der Waals surface area contributed by atoms with Gasteiger partial charge < -0.3 is 0 Å². The van der Waals surface area contributed by atoms with Crippen LogP contribution in [0.5, 0.6) is 0 Å². The molecule has 0 fully saturated rings. The molecular weight excluding hydrogens is 203 g/mol. The van der Waals surface area contributed by atoms with Crippen LogP contribution in [0.25, 0.3) is 27.6 Å². The molecule has 0 saturated carbocycles. The van der Waals surface area contributed by atoms with Crippen molar-refractivity contribution in [3.8, 4) is 0 Å². The lowest BCUT2D eigenvalue weighted by Gasteiger charge is -2.08. The van der Waals surface area contributed by atoms with E-state index in [0.717, 1.165) is 7.28 Å². The fraction of sp³-hybridized carbons (Fsp3) is 0. The smallest absolute Gasteiger partial charge is 0.113 e. The fourth-order valence-electron chi connectivity index (χ4n) is 2.86. The first-order valence-electron chi connectivity index (χ1n) is 6.03. The van der Waals surface area contributed by atoms with E-state index in [0.29, 0.717) is 0 Å². The van der Waals surface area contributed by atoms with Crippen molar-refractivity contribution in [2.45, 2.75) is 0 Å². The second-order valence-electron chi connectivity index (χ2n) is 4.62. The van der Waals surface area contributed by atoms with E-state index in [-0.39, 0.29) is 0 Å². The Morgan fingerprint density at radius 3 is 2.59 bits per heavy atom. The number of hydrogen-bond donors (Lipinski definition) is 0. The molecule has 1 heteroatoms. The fourth-order valence-corrected chi connectivity index (χ4v) is 2.86. The summed E-state index contributed by atoms with van der Waals surface area (Å²) in [5.74, 6) is 2.25. The van der Waals surface area contributed by atoms with Crippen LogP contribution in [0.4, 0.5) is 0 Å². The zero-order valence-corrected chi connectivity index (χ0v) is 9.48. The lowest BCUT2D eigenvalue weighted by molar-refractivity contribution is 1.77. The van der Waals surface area contributed by atoms with E-state index in [4.69, 9.17) is 0 Å². The molecular formula is C16H11B. The van der Waals surface area contributed by atoms with Crippen molar-refractivity contribution in [1.82, 2.24) is 0 Å². The van der Waals surface area contributed by atoms with Crippen LogP contribution in [0.2, 0.25) is 0 Å². The molecule has 0 aromatic heterocycles. The highest BCUT2D eigenvalue weighted by Crippen LogP contribution is 2.26. The van der Waals surface area contributed by atoms with Crippen LogP contribution in [0.3, 0.4) is 0 Å². The summed E-state index contributed by atoms with van der Waals surface area (Å²) < 4.78 is 0. The second kappa shape index (κ2) is 3.24. The number of hydrogen-bond acceptors (Lipinski definition) is 0. The molecule has 0 atom stereocenters. The van der Waals surface area contributed by atoms with E-state index in [1.807, 2.05) is 0 Å². The van der Waals surface area contributed by atoms with E-state index >= 15 is 0 Å². The summed E-state index contributed by atoms with van der Waals surface area (Å²) >= 11 is 0. The summed E-state index contributed by atoms with van der Waals surface area (Å²) in [6.07, 6.45) is 2.23. The second-order valence-corrected chi connectivity index (χ2v) is 4.62. The molecule has 17 heavy (non-hydrogen) atoms. The van der Waals surface area contributed by atoms with Crippen LogP contribution in [0, 0.1) is 0 Å². The summed E-state index contributed by atoms with van der Waals surface area (Å²) in [4.78, 5) is 0. The van der Waals surface area contributed by atoms with Gasteiger partial charge in [0.2, 0.25) is 0 Å². The van der Waals surface area contributed by atoms with Gasteiger partial charge in [-0.15, -0.1) is 5.98 Å². The summed E-state index contributed by atoms with van der Waals surface area (Å²) in [5.41, 5.74) is 2.86. The highest BCUT2D eigenvalue weighted by Gasteiger charge is 2.11. The molecule has 0 N–H and O–H groups in total. The van der Waals surface area contributed by atoms with Crippen LogP contribution < -0.4 is 5.46 Å². The molecule has 1 heterocycles. The summed E-state index contributed by atoms with van der Waals surface area (Å²) in [6.45, 7) is 0. The van der Waals surface area contributed by atoms with Crippen molar-refractivity contribution >= 4 is 40.4 Å². The van der Waals surface area contributed by atoms with Gasteiger partial charge >= 0.3 is 0 Å². The maximum absolute atomic E-state index is 2.27. The van der Waals surface area contributed by atoms with Crippen molar-refractivity contribution < 1.29 is 0 Å². The highest BCUT2D eigenvalue weighted by atomic mass is 14.1. The minimum Gasteiger partial charge on any atom is -0.113 e. The molecule has 0 bridgehead atoms. The maximum Gasteiger partial charge on any atom is 0.184 e. The van der Waals surface area contributed by atoms with Gasteiger partial charge in [0.15, 0.2) is 7.28 Å². The number of rotatable bonds is 0. The lowest BCUT2D eigenvalue weighted by Crippen LogP contribution is -2.12. The van der Waals surface area contributed by atoms with Gasteiger partial charge in [-0.25, -0.2) is 0 Å². The molecule has 0 nitrogen and oxygen atoms in total. The zero-order valence-electron chi connectivity index (χ0n) is 9.48. The van der Waals surface area contributed by atoms with Gasteiger partial charge in [-0.1, -0.05) is 60.1 Å². The van der Waals surface area contributed by atoms with Gasteiger partial charge in [0.05, 0.1) is 0 Å². The Hall–Kier alpha value is -2.02. The van der Waals surface area contributed by atoms with Crippen molar-refractivity contribution in [3.63, 3.8) is 0 Å². The molecule has 3 aromatic carbocycles. The first-order valence-corrected chi connectivity index (χ1v) is 6.03. The Kier molecular flexibility index (Phi) is 1.73. The predicted molar refractivity (Wildman–Crippen MR) is 77.3 cm³/mol. The van der Waals surface area contributed by atoms with Gasteiger partial charge in [0.1, 0.15) is 0 Å². The normalized spacial score (nSPS) is 12.9. The molecule has 0 aliphatic carbocycles. The molecule has 0 spiro atoms. The van der Waals surface area contributed by atoms with Crippen LogP contribution in [0.15, 0.2) is 54.5 Å². The molecule has 0 saturated heterocycles. The minimum atomic E-state index is 1.07. The molecule has 0 amide bonds. The summed E-state index contributed by atoms with van der Waals surface area (Å²) in [6, 6.07) is 17.6. The van der Waals surface area contributed by atoms with Gasteiger partial charge in [-0.3, -0.25) is 0 Å². The molecule has 4 rings (SSSR count). The Morgan fingerprint density at radius 1 is 0.706 bits per heavy atom. The number of benzene rings is 3. The van der Waals surface area contributed by atoms with Crippen LogP contribution in [0.1, 0.15) is 5.56 Å². The molecule has 0 unspecified atom stereocenters. The van der Waals surface area contributed by atoms with Crippen molar-refractivity contribution in [2.24, 2.45) is 0 Å². The molecule has 1 aliphatic heterocycles. The van der Waals surface area contributed by atoms with E-state index in [9.17, 15) is 0 Å². The Morgan fingerprint density at radius 2 is 1.59 bits per heavy atom. The Balaban J connectivity index is 2.23. The Labute approximate surface area is 101 Å². The number of fused-ring (bicyclic) bond motifs is 5. The standard InChI is InChI=1S/C16H11B/c1-2-4-13-11(3-1)5-8-15-14(13)7-6-12-9-10-17-16(12)15/h1-10,17H. The average molecular weight is 214 g/mol. The van der Waals surface area contributed by atoms with E-state index in [1.54, 1.807) is 0 Å². The van der Waals surface area contributed by atoms with Gasteiger partial charge in [0.25, 0.3) is 0 Å². The summed E-state index contributed by atoms with van der Waals surface area (Å²) in [7, 11) is 1.07. The van der Waals surface area contributed by atoms with Crippen molar-refractivity contribution in [2.75, 3.05) is 0 Å². The van der Waals surface area contributed by atoms with E-state index in [2.05, 4.69) is 60.6 Å². The van der Waals surface area contributed by atoms with Crippen LogP contribution in [-0.2, 0) is 0 Å². The molecule has 1 aliphatic rings. The zero-order chi connectivity index (χ0) is 11.2. The Bertz CT molecular complexity index is 769. The van der Waals surface area contributed by atoms with Crippen molar-refractivity contribution in [1.29, 1.82) is 0 Å². The topological polar surface area (TPSA) is 0 Å². The first-order chi connectivity index (χ1) is 8.43. The quantitative estimate of drug-likeness (QED) is 0.398. The first kappa shape index (κ1) is 9.06. The molecule has 3 aromatic rings. The third-order valence-electron chi connectivity index (χ3n) is 3.69. The largest absolute Gasteiger partial charge is 0.184 e. The maximum atomic E-state index is 2.27. The van der Waals surface area contributed by atoms with Crippen LogP contribution >= 0.6 is 0 Å².